The Morgan fingerprint density at radius 3 is 2.57 bits per heavy atom. The van der Waals surface area contributed by atoms with E-state index in [1.54, 1.807) is 41.3 Å². The van der Waals surface area contributed by atoms with Crippen molar-refractivity contribution in [2.45, 2.75) is 31.4 Å². The van der Waals surface area contributed by atoms with Crippen LogP contribution in [0.15, 0.2) is 48.5 Å². The summed E-state index contributed by atoms with van der Waals surface area (Å²) in [6.45, 7) is 0.312. The monoisotopic (exact) mass is 398 g/mol. The van der Waals surface area contributed by atoms with E-state index < -0.39 is 12.1 Å². The van der Waals surface area contributed by atoms with Crippen LogP contribution in [0.25, 0.3) is 0 Å². The van der Waals surface area contributed by atoms with Gasteiger partial charge in [-0.1, -0.05) is 41.9 Å². The number of carbonyl (C=O) groups excluding carboxylic acids is 1. The third kappa shape index (κ3) is 4.62. The number of carbonyl (C=O) groups is 2. The first kappa shape index (κ1) is 19.7. The third-order valence-electron chi connectivity index (χ3n) is 4.46. The quantitative estimate of drug-likeness (QED) is 0.723. The highest BCUT2D eigenvalue weighted by Gasteiger charge is 2.34. The molecule has 1 aliphatic rings. The molecular weight excluding hydrogens is 380 g/mol. The molecule has 0 saturated heterocycles. The minimum absolute atomic E-state index is 0.0945. The molecule has 1 saturated carbocycles. The SMILES string of the molecule is N#CCCN(C(=O)c1cc(Cl)ccc1OC(C(=O)O)c1ccccc1)C1CC1. The van der Waals surface area contributed by atoms with Crippen LogP contribution in [0.4, 0.5) is 0 Å². The van der Waals surface area contributed by atoms with E-state index in [4.69, 9.17) is 21.6 Å². The Balaban J connectivity index is 1.92. The minimum Gasteiger partial charge on any atom is -0.478 e. The zero-order valence-corrected chi connectivity index (χ0v) is 15.8. The maximum atomic E-state index is 13.1. The van der Waals surface area contributed by atoms with E-state index in [-0.39, 0.29) is 29.7 Å². The Kier molecular flexibility index (Phi) is 6.17. The van der Waals surface area contributed by atoms with E-state index in [1.807, 2.05) is 0 Å². The second-order valence-electron chi connectivity index (χ2n) is 6.53. The lowest BCUT2D eigenvalue weighted by molar-refractivity contribution is -0.145. The van der Waals surface area contributed by atoms with Gasteiger partial charge in [0.2, 0.25) is 6.10 Å². The third-order valence-corrected chi connectivity index (χ3v) is 4.69. The Morgan fingerprint density at radius 1 is 1.25 bits per heavy atom. The lowest BCUT2D eigenvalue weighted by atomic mass is 10.1. The number of hydrogen-bond acceptors (Lipinski definition) is 4. The van der Waals surface area contributed by atoms with E-state index in [1.165, 1.54) is 12.1 Å². The van der Waals surface area contributed by atoms with E-state index in [0.29, 0.717) is 17.1 Å². The van der Waals surface area contributed by atoms with Crippen molar-refractivity contribution in [2.75, 3.05) is 6.54 Å². The molecule has 1 N–H and O–H groups in total. The number of nitrogens with zero attached hydrogens (tertiary/aromatic N) is 2. The first-order valence-electron chi connectivity index (χ1n) is 8.93. The minimum atomic E-state index is -1.26. The zero-order valence-electron chi connectivity index (χ0n) is 15.0. The van der Waals surface area contributed by atoms with Gasteiger partial charge in [-0.15, -0.1) is 0 Å². The van der Waals surface area contributed by atoms with Gasteiger partial charge in [0.15, 0.2) is 0 Å². The summed E-state index contributed by atoms with van der Waals surface area (Å²) in [7, 11) is 0. The van der Waals surface area contributed by atoms with Crippen molar-refractivity contribution < 1.29 is 19.4 Å². The van der Waals surface area contributed by atoms with Gasteiger partial charge < -0.3 is 14.7 Å². The number of carboxylic acid groups (broad SMARTS) is 1. The summed E-state index contributed by atoms with van der Waals surface area (Å²) in [6, 6.07) is 15.2. The van der Waals surface area contributed by atoms with Gasteiger partial charge >= 0.3 is 5.97 Å². The summed E-state index contributed by atoms with van der Waals surface area (Å²) in [5.74, 6) is -1.33. The average Bonchev–Trinajstić information content (AvgIpc) is 3.52. The number of rotatable bonds is 8. The fourth-order valence-electron chi connectivity index (χ4n) is 2.95. The highest BCUT2D eigenvalue weighted by Crippen LogP contribution is 2.33. The predicted molar refractivity (Wildman–Crippen MR) is 103 cm³/mol. The molecule has 144 valence electrons. The molecule has 0 spiro atoms. The van der Waals surface area contributed by atoms with Crippen LogP contribution < -0.4 is 4.74 Å². The van der Waals surface area contributed by atoms with Crippen LogP contribution in [0.1, 0.15) is 41.3 Å². The molecule has 7 heteroatoms. The molecule has 0 aliphatic heterocycles. The normalized spacial score (nSPS) is 14.0. The van der Waals surface area contributed by atoms with Gasteiger partial charge in [-0.05, 0) is 31.0 Å². The molecule has 0 bridgehead atoms. The smallest absolute Gasteiger partial charge is 0.349 e. The molecule has 2 aromatic carbocycles. The standard InChI is InChI=1S/C21H19ClN2O4/c22-15-7-10-18(28-19(21(26)27)14-5-2-1-3-6-14)17(13-15)20(25)24(12-4-11-23)16-8-9-16/h1-3,5-7,10,13,16,19H,4,8-9,12H2,(H,26,27). The second-order valence-corrected chi connectivity index (χ2v) is 6.96. The molecular formula is C21H19ClN2O4. The van der Waals surface area contributed by atoms with Crippen LogP contribution in [-0.4, -0.2) is 34.5 Å². The topological polar surface area (TPSA) is 90.6 Å². The average molecular weight is 399 g/mol. The van der Waals surface area contributed by atoms with Gasteiger partial charge in [-0.3, -0.25) is 4.79 Å². The number of carboxylic acids is 1. The molecule has 1 amide bonds. The summed E-state index contributed by atoms with van der Waals surface area (Å²) in [5.41, 5.74) is 0.659. The lowest BCUT2D eigenvalue weighted by Crippen LogP contribution is -2.34. The van der Waals surface area contributed by atoms with Crippen molar-refractivity contribution in [1.82, 2.24) is 4.90 Å². The maximum absolute atomic E-state index is 13.1. The highest BCUT2D eigenvalue weighted by molar-refractivity contribution is 6.31. The summed E-state index contributed by atoms with van der Waals surface area (Å²) < 4.78 is 5.75. The maximum Gasteiger partial charge on any atom is 0.349 e. The van der Waals surface area contributed by atoms with E-state index >= 15 is 0 Å². The fraction of sp³-hybridized carbons (Fsp3) is 0.286. The molecule has 0 radical (unpaired) electrons. The van der Waals surface area contributed by atoms with Crippen molar-refractivity contribution in [3.05, 3.63) is 64.7 Å². The molecule has 2 aromatic rings. The molecule has 1 fully saturated rings. The summed E-state index contributed by atoms with van der Waals surface area (Å²) in [5, 5.41) is 18.8. The van der Waals surface area contributed by atoms with Crippen molar-refractivity contribution in [3.8, 4) is 11.8 Å². The predicted octanol–water partition coefficient (Wildman–Crippen LogP) is 4.06. The molecule has 1 atom stereocenters. The molecule has 1 aliphatic carbocycles. The van der Waals surface area contributed by atoms with Crippen LogP contribution in [0.5, 0.6) is 5.75 Å². The van der Waals surface area contributed by atoms with Crippen LogP contribution in [-0.2, 0) is 4.79 Å². The first-order valence-corrected chi connectivity index (χ1v) is 9.31. The van der Waals surface area contributed by atoms with E-state index in [2.05, 4.69) is 6.07 Å². The Labute approximate surface area is 167 Å². The van der Waals surface area contributed by atoms with Crippen LogP contribution >= 0.6 is 11.6 Å². The van der Waals surface area contributed by atoms with Gasteiger partial charge in [0, 0.05) is 23.2 Å². The van der Waals surface area contributed by atoms with Crippen molar-refractivity contribution in [3.63, 3.8) is 0 Å². The molecule has 0 heterocycles. The largest absolute Gasteiger partial charge is 0.478 e. The fourth-order valence-corrected chi connectivity index (χ4v) is 3.12. The summed E-state index contributed by atoms with van der Waals surface area (Å²) in [4.78, 5) is 26.5. The molecule has 3 rings (SSSR count). The number of benzene rings is 2. The van der Waals surface area contributed by atoms with Gasteiger partial charge in [-0.25, -0.2) is 4.79 Å². The Bertz CT molecular complexity index is 906. The van der Waals surface area contributed by atoms with Gasteiger partial charge in [0.1, 0.15) is 5.75 Å². The molecule has 28 heavy (non-hydrogen) atoms. The van der Waals surface area contributed by atoms with Crippen LogP contribution in [0.3, 0.4) is 0 Å². The number of halogens is 1. The van der Waals surface area contributed by atoms with Gasteiger partial charge in [0.05, 0.1) is 18.1 Å². The molecule has 1 unspecified atom stereocenters. The van der Waals surface area contributed by atoms with Crippen molar-refractivity contribution >= 4 is 23.5 Å². The number of nitriles is 1. The van der Waals surface area contributed by atoms with Gasteiger partial charge in [0.25, 0.3) is 5.91 Å². The molecule has 6 nitrogen and oxygen atoms in total. The van der Waals surface area contributed by atoms with Crippen molar-refractivity contribution in [1.29, 1.82) is 5.26 Å². The van der Waals surface area contributed by atoms with Crippen LogP contribution in [0, 0.1) is 11.3 Å². The lowest BCUT2D eigenvalue weighted by Gasteiger charge is -2.24. The molecule has 0 aromatic heterocycles. The van der Waals surface area contributed by atoms with Crippen molar-refractivity contribution in [2.24, 2.45) is 0 Å². The summed E-state index contributed by atoms with van der Waals surface area (Å²) >= 11 is 6.09. The van der Waals surface area contributed by atoms with E-state index in [9.17, 15) is 14.7 Å². The Morgan fingerprint density at radius 2 is 1.96 bits per heavy atom. The summed E-state index contributed by atoms with van der Waals surface area (Å²) in [6.07, 6.45) is 0.731. The highest BCUT2D eigenvalue weighted by atomic mass is 35.5. The number of ether oxygens (including phenoxy) is 1. The first-order chi connectivity index (χ1) is 13.5. The number of aliphatic carboxylic acids is 1. The zero-order chi connectivity index (χ0) is 20.1. The number of hydrogen-bond donors (Lipinski definition) is 1. The Hall–Kier alpha value is -3.04. The van der Waals surface area contributed by atoms with Gasteiger partial charge in [-0.2, -0.15) is 5.26 Å². The number of amides is 1. The van der Waals surface area contributed by atoms with E-state index in [0.717, 1.165) is 12.8 Å². The van der Waals surface area contributed by atoms with Crippen LogP contribution in [0.2, 0.25) is 5.02 Å². The second kappa shape index (κ2) is 8.77.